The van der Waals surface area contributed by atoms with E-state index in [0.717, 1.165) is 15.8 Å². The van der Waals surface area contributed by atoms with Crippen LogP contribution in [0.2, 0.25) is 0 Å². The molecule has 0 radical (unpaired) electrons. The van der Waals surface area contributed by atoms with Crippen LogP contribution in [0, 0.1) is 18.7 Å². The monoisotopic (exact) mass is 470 g/mol. The zero-order valence-corrected chi connectivity index (χ0v) is 20.0. The minimum Gasteiger partial charge on any atom is -0.494 e. The number of ether oxygens (including phenoxy) is 1. The molecule has 1 unspecified atom stereocenters. The van der Waals surface area contributed by atoms with Crippen LogP contribution in [0.1, 0.15) is 12.0 Å². The van der Waals surface area contributed by atoms with E-state index < -0.39 is 5.92 Å². The number of anilines is 2. The summed E-state index contributed by atoms with van der Waals surface area (Å²) in [4.78, 5) is 36.4. The Bertz CT molecular complexity index is 1180. The van der Waals surface area contributed by atoms with Gasteiger partial charge in [0.15, 0.2) is 5.13 Å². The molecule has 33 heavy (non-hydrogen) atoms. The molecule has 174 valence electrons. The van der Waals surface area contributed by atoms with Crippen molar-refractivity contribution in [3.63, 3.8) is 0 Å². The van der Waals surface area contributed by atoms with Crippen molar-refractivity contribution < 1.29 is 18.7 Å². The molecular formula is C24H27FN4O3S. The lowest BCUT2D eigenvalue weighted by Gasteiger charge is -2.24. The third kappa shape index (κ3) is 4.69. The molecule has 1 aliphatic rings. The van der Waals surface area contributed by atoms with Crippen molar-refractivity contribution in [3.8, 4) is 5.75 Å². The Morgan fingerprint density at radius 2 is 1.94 bits per heavy atom. The molecule has 2 heterocycles. The number of halogens is 1. The molecule has 1 saturated heterocycles. The summed E-state index contributed by atoms with van der Waals surface area (Å²) in [6.45, 7) is 3.37. The Labute approximate surface area is 196 Å². The molecule has 1 atom stereocenters. The summed E-state index contributed by atoms with van der Waals surface area (Å²) in [6.07, 6.45) is 0.113. The number of hydrogen-bond donors (Lipinski definition) is 0. The Morgan fingerprint density at radius 1 is 1.21 bits per heavy atom. The predicted octanol–water partition coefficient (Wildman–Crippen LogP) is 3.70. The SMILES string of the molecule is COc1ccc(C)c2sc(N(CCN(C)C)C(=O)C3CC(=O)N(c4ccc(F)cc4)C3)nc12. The van der Waals surface area contributed by atoms with Crippen molar-refractivity contribution in [2.45, 2.75) is 13.3 Å². The number of fused-ring (bicyclic) bond motifs is 1. The highest BCUT2D eigenvalue weighted by atomic mass is 32.1. The fourth-order valence-electron chi connectivity index (χ4n) is 3.94. The fourth-order valence-corrected chi connectivity index (χ4v) is 5.03. The standard InChI is InChI=1S/C24H27FN4O3S/c1-15-5-10-19(32-4)21-22(15)33-24(26-21)28(12-11-27(2)3)23(31)16-13-20(30)29(14-16)18-8-6-17(25)7-9-18/h5-10,16H,11-14H2,1-4H3. The van der Waals surface area contributed by atoms with Gasteiger partial charge in [0.1, 0.15) is 17.1 Å². The van der Waals surface area contributed by atoms with Crippen molar-refractivity contribution in [1.29, 1.82) is 0 Å². The molecule has 0 aliphatic carbocycles. The van der Waals surface area contributed by atoms with Crippen molar-refractivity contribution in [2.24, 2.45) is 5.92 Å². The number of likely N-dealkylation sites (N-methyl/N-ethyl adjacent to an activating group) is 1. The van der Waals surface area contributed by atoms with Gasteiger partial charge in [0.05, 0.1) is 17.7 Å². The summed E-state index contributed by atoms with van der Waals surface area (Å²) in [5, 5.41) is 0.595. The lowest BCUT2D eigenvalue weighted by atomic mass is 10.1. The summed E-state index contributed by atoms with van der Waals surface area (Å²) >= 11 is 1.46. The third-order valence-corrected chi connectivity index (χ3v) is 7.01. The van der Waals surface area contributed by atoms with E-state index in [-0.39, 0.29) is 30.6 Å². The normalized spacial score (nSPS) is 16.1. The molecule has 2 aromatic carbocycles. The fraction of sp³-hybridized carbons (Fsp3) is 0.375. The highest BCUT2D eigenvalue weighted by Crippen LogP contribution is 2.37. The van der Waals surface area contributed by atoms with Crippen LogP contribution in [0.3, 0.4) is 0 Å². The minimum atomic E-state index is -0.500. The van der Waals surface area contributed by atoms with Crippen molar-refractivity contribution in [3.05, 3.63) is 47.8 Å². The van der Waals surface area contributed by atoms with E-state index in [2.05, 4.69) is 0 Å². The van der Waals surface area contributed by atoms with Gasteiger partial charge in [-0.25, -0.2) is 9.37 Å². The van der Waals surface area contributed by atoms with Gasteiger partial charge < -0.3 is 14.5 Å². The number of carbonyl (C=O) groups is 2. The first kappa shape index (κ1) is 23.1. The molecule has 7 nitrogen and oxygen atoms in total. The number of hydrogen-bond acceptors (Lipinski definition) is 6. The maximum Gasteiger partial charge on any atom is 0.234 e. The molecule has 1 aliphatic heterocycles. The number of nitrogens with zero attached hydrogens (tertiary/aromatic N) is 4. The number of carbonyl (C=O) groups excluding carboxylic acids is 2. The van der Waals surface area contributed by atoms with E-state index in [1.807, 2.05) is 38.1 Å². The smallest absolute Gasteiger partial charge is 0.234 e. The van der Waals surface area contributed by atoms with Gasteiger partial charge in [-0.15, -0.1) is 0 Å². The summed E-state index contributed by atoms with van der Waals surface area (Å²) in [7, 11) is 5.50. The first-order valence-corrected chi connectivity index (χ1v) is 11.6. The number of amides is 2. The van der Waals surface area contributed by atoms with Crippen LogP contribution in [-0.4, -0.2) is 62.5 Å². The molecule has 0 saturated carbocycles. The van der Waals surface area contributed by atoms with Crippen molar-refractivity contribution in [2.75, 3.05) is 50.6 Å². The Hall–Kier alpha value is -3.04. The molecule has 0 bridgehead atoms. The number of aryl methyl sites for hydroxylation is 1. The molecular weight excluding hydrogens is 443 g/mol. The van der Waals surface area contributed by atoms with E-state index in [9.17, 15) is 14.0 Å². The van der Waals surface area contributed by atoms with Gasteiger partial charge in [-0.1, -0.05) is 17.4 Å². The second kappa shape index (κ2) is 9.44. The average molecular weight is 471 g/mol. The van der Waals surface area contributed by atoms with E-state index in [1.54, 1.807) is 29.0 Å². The quantitative estimate of drug-likeness (QED) is 0.527. The number of rotatable bonds is 7. The highest BCUT2D eigenvalue weighted by molar-refractivity contribution is 7.22. The number of thiazole rings is 1. The van der Waals surface area contributed by atoms with Crippen LogP contribution in [-0.2, 0) is 9.59 Å². The Kier molecular flexibility index (Phi) is 6.62. The zero-order valence-electron chi connectivity index (χ0n) is 19.2. The molecule has 2 amide bonds. The van der Waals surface area contributed by atoms with Crippen LogP contribution in [0.25, 0.3) is 10.2 Å². The van der Waals surface area contributed by atoms with Gasteiger partial charge in [-0.05, 0) is 56.9 Å². The summed E-state index contributed by atoms with van der Waals surface area (Å²) < 4.78 is 19.8. The van der Waals surface area contributed by atoms with E-state index >= 15 is 0 Å². The molecule has 1 fully saturated rings. The summed E-state index contributed by atoms with van der Waals surface area (Å²) in [5.74, 6) is -0.481. The topological polar surface area (TPSA) is 66.0 Å². The largest absolute Gasteiger partial charge is 0.494 e. The van der Waals surface area contributed by atoms with Crippen LogP contribution in [0.5, 0.6) is 5.75 Å². The van der Waals surface area contributed by atoms with Gasteiger partial charge >= 0.3 is 0 Å². The molecule has 0 N–H and O–H groups in total. The van der Waals surface area contributed by atoms with E-state index in [1.165, 1.54) is 23.5 Å². The van der Waals surface area contributed by atoms with Crippen molar-refractivity contribution in [1.82, 2.24) is 9.88 Å². The number of methoxy groups -OCH3 is 1. The second-order valence-corrected chi connectivity index (χ2v) is 9.41. The molecule has 1 aromatic heterocycles. The number of benzene rings is 2. The Morgan fingerprint density at radius 3 is 2.61 bits per heavy atom. The molecule has 9 heteroatoms. The third-order valence-electron chi connectivity index (χ3n) is 5.79. The lowest BCUT2D eigenvalue weighted by molar-refractivity contribution is -0.124. The average Bonchev–Trinajstić information content (AvgIpc) is 3.39. The highest BCUT2D eigenvalue weighted by Gasteiger charge is 2.38. The maximum atomic E-state index is 13.7. The van der Waals surface area contributed by atoms with E-state index in [4.69, 9.17) is 9.72 Å². The van der Waals surface area contributed by atoms with Crippen LogP contribution >= 0.6 is 11.3 Å². The van der Waals surface area contributed by atoms with Crippen LogP contribution in [0.15, 0.2) is 36.4 Å². The molecule has 3 aromatic rings. The Balaban J connectivity index is 1.64. The summed E-state index contributed by atoms with van der Waals surface area (Å²) in [5.41, 5.74) is 2.39. The minimum absolute atomic E-state index is 0.113. The summed E-state index contributed by atoms with van der Waals surface area (Å²) in [6, 6.07) is 9.61. The van der Waals surface area contributed by atoms with Gasteiger partial charge in [-0.3, -0.25) is 14.5 Å². The van der Waals surface area contributed by atoms with Gasteiger partial charge in [0.25, 0.3) is 0 Å². The first-order valence-electron chi connectivity index (χ1n) is 10.7. The lowest BCUT2D eigenvalue weighted by Crippen LogP contribution is -2.41. The number of aromatic nitrogens is 1. The van der Waals surface area contributed by atoms with Gasteiger partial charge in [-0.2, -0.15) is 0 Å². The van der Waals surface area contributed by atoms with Gasteiger partial charge in [0, 0.05) is 31.7 Å². The zero-order chi connectivity index (χ0) is 23.7. The predicted molar refractivity (Wildman–Crippen MR) is 129 cm³/mol. The van der Waals surface area contributed by atoms with Crippen LogP contribution in [0.4, 0.5) is 15.2 Å². The van der Waals surface area contributed by atoms with E-state index in [0.29, 0.717) is 29.7 Å². The van der Waals surface area contributed by atoms with Crippen LogP contribution < -0.4 is 14.5 Å². The van der Waals surface area contributed by atoms with Crippen molar-refractivity contribution >= 4 is 44.2 Å². The second-order valence-electron chi connectivity index (χ2n) is 8.43. The molecule has 4 rings (SSSR count). The molecule has 0 spiro atoms. The first-order chi connectivity index (χ1) is 15.8. The van der Waals surface area contributed by atoms with Gasteiger partial charge in [0.2, 0.25) is 11.8 Å². The maximum absolute atomic E-state index is 13.7.